The number of hydrogen-bond acceptors (Lipinski definition) is 3. The Hall–Kier alpha value is -1.27. The lowest BCUT2D eigenvalue weighted by Crippen LogP contribution is -2.36. The highest BCUT2D eigenvalue weighted by Gasteiger charge is 2.10. The predicted octanol–water partition coefficient (Wildman–Crippen LogP) is 1.31. The zero-order valence-corrected chi connectivity index (χ0v) is 15.5. The molecule has 5 nitrogen and oxygen atoms in total. The fourth-order valence-electron chi connectivity index (χ4n) is 1.78. The van der Waals surface area contributed by atoms with E-state index in [2.05, 4.69) is 21.5 Å². The molecule has 0 aliphatic heterocycles. The number of aryl methyl sites for hydroxylation is 1. The minimum absolute atomic E-state index is 0. The zero-order chi connectivity index (χ0) is 15.2. The van der Waals surface area contributed by atoms with Crippen molar-refractivity contribution >= 4 is 39.8 Å². The van der Waals surface area contributed by atoms with Crippen LogP contribution in [-0.2, 0) is 16.4 Å². The van der Waals surface area contributed by atoms with Crippen molar-refractivity contribution in [2.45, 2.75) is 18.4 Å². The number of hydrogen-bond donors (Lipinski definition) is 2. The van der Waals surface area contributed by atoms with Crippen molar-refractivity contribution in [2.24, 2.45) is 4.99 Å². The Bertz CT molecular complexity index is 649. The molecule has 1 aromatic rings. The number of halogens is 1. The lowest BCUT2D eigenvalue weighted by atomic mass is 10.1. The highest BCUT2D eigenvalue weighted by atomic mass is 127. The molecule has 0 aliphatic carbocycles. The number of nitrogens with zero attached hydrogens (tertiary/aromatic N) is 1. The molecule has 0 radical (unpaired) electrons. The van der Waals surface area contributed by atoms with Gasteiger partial charge < -0.3 is 10.6 Å². The smallest absolute Gasteiger partial charge is 0.192 e. The molecular formula is C14H20IN3O2S. The summed E-state index contributed by atoms with van der Waals surface area (Å²) in [5.41, 5.74) is 1.71. The molecule has 1 rings (SSSR count). The molecule has 0 unspecified atom stereocenters. The Morgan fingerprint density at radius 3 is 2.52 bits per heavy atom. The van der Waals surface area contributed by atoms with Gasteiger partial charge in [-0.15, -0.1) is 30.4 Å². The van der Waals surface area contributed by atoms with Crippen LogP contribution in [0.4, 0.5) is 0 Å². The van der Waals surface area contributed by atoms with E-state index in [1.807, 2.05) is 6.07 Å². The van der Waals surface area contributed by atoms with E-state index in [0.717, 1.165) is 11.1 Å². The normalized spacial score (nSPS) is 11.2. The van der Waals surface area contributed by atoms with Crippen molar-refractivity contribution in [1.82, 2.24) is 10.6 Å². The number of benzene rings is 1. The van der Waals surface area contributed by atoms with E-state index < -0.39 is 9.84 Å². The van der Waals surface area contributed by atoms with Crippen LogP contribution in [0.5, 0.6) is 0 Å². The van der Waals surface area contributed by atoms with Gasteiger partial charge in [0.2, 0.25) is 0 Å². The second-order valence-corrected chi connectivity index (χ2v) is 6.34. The Labute approximate surface area is 143 Å². The van der Waals surface area contributed by atoms with E-state index in [-0.39, 0.29) is 24.0 Å². The minimum atomic E-state index is -3.18. The summed E-state index contributed by atoms with van der Waals surface area (Å²) in [5, 5.41) is 6.05. The molecule has 0 saturated heterocycles. The van der Waals surface area contributed by atoms with E-state index in [1.54, 1.807) is 26.1 Å². The Morgan fingerprint density at radius 1 is 1.38 bits per heavy atom. The summed E-state index contributed by atoms with van der Waals surface area (Å²) in [6.45, 7) is 2.71. The highest BCUT2D eigenvalue weighted by Crippen LogP contribution is 2.16. The summed E-state index contributed by atoms with van der Waals surface area (Å²) in [6.07, 6.45) is 6.37. The van der Waals surface area contributed by atoms with Crippen molar-refractivity contribution in [2.75, 3.05) is 19.8 Å². The van der Waals surface area contributed by atoms with Crippen LogP contribution in [0.25, 0.3) is 0 Å². The number of aliphatic imine (C=N–C) groups is 1. The maximum atomic E-state index is 11.5. The minimum Gasteiger partial charge on any atom is -0.352 e. The van der Waals surface area contributed by atoms with Gasteiger partial charge in [-0.05, 0) is 24.1 Å². The van der Waals surface area contributed by atoms with E-state index in [1.165, 1.54) is 6.26 Å². The van der Waals surface area contributed by atoms with Crippen molar-refractivity contribution < 1.29 is 8.42 Å². The highest BCUT2D eigenvalue weighted by molar-refractivity contribution is 14.0. The van der Waals surface area contributed by atoms with Gasteiger partial charge in [0, 0.05) is 19.8 Å². The summed E-state index contributed by atoms with van der Waals surface area (Å²) in [5.74, 6) is 3.07. The van der Waals surface area contributed by atoms with Crippen LogP contribution < -0.4 is 10.6 Å². The molecule has 0 heterocycles. The van der Waals surface area contributed by atoms with Crippen LogP contribution in [0.3, 0.4) is 0 Å². The molecule has 0 aromatic heterocycles. The third-order valence-corrected chi connectivity index (χ3v) is 3.94. The number of nitrogens with one attached hydrogen (secondary N) is 2. The molecule has 2 N–H and O–H groups in total. The summed E-state index contributed by atoms with van der Waals surface area (Å²) in [7, 11) is -1.52. The van der Waals surface area contributed by atoms with Crippen LogP contribution in [0.2, 0.25) is 0 Å². The molecule has 0 bridgehead atoms. The average molecular weight is 421 g/mol. The first-order chi connectivity index (χ1) is 9.38. The van der Waals surface area contributed by atoms with Crippen molar-refractivity contribution in [3.05, 3.63) is 29.3 Å². The van der Waals surface area contributed by atoms with Crippen LogP contribution in [0.15, 0.2) is 28.1 Å². The standard InChI is InChI=1S/C14H19N3O2S.HI/c1-5-8-16-14(15-3)17-10-12-6-7-13(11(2)9-12)20(4,18)19;/h1,6-7,9H,8,10H2,2-4H3,(H2,15,16,17);1H. The summed E-state index contributed by atoms with van der Waals surface area (Å²) in [4.78, 5) is 4.38. The average Bonchev–Trinajstić information content (AvgIpc) is 2.37. The number of rotatable bonds is 4. The number of terminal acetylenes is 1. The number of guanidine groups is 1. The fraction of sp³-hybridized carbons (Fsp3) is 0.357. The monoisotopic (exact) mass is 421 g/mol. The molecule has 7 heteroatoms. The van der Waals surface area contributed by atoms with Gasteiger partial charge in [0.25, 0.3) is 0 Å². The van der Waals surface area contributed by atoms with Crippen molar-refractivity contribution in [3.8, 4) is 12.3 Å². The quantitative estimate of drug-likeness (QED) is 0.333. The molecule has 116 valence electrons. The molecular weight excluding hydrogens is 401 g/mol. The SMILES string of the molecule is C#CCNC(=NC)NCc1ccc(S(C)(=O)=O)c(C)c1.I. The summed E-state index contributed by atoms with van der Waals surface area (Å²) in [6, 6.07) is 5.25. The molecule has 0 atom stereocenters. The number of sulfone groups is 1. The van der Waals surface area contributed by atoms with Crippen molar-refractivity contribution in [1.29, 1.82) is 0 Å². The molecule has 21 heavy (non-hydrogen) atoms. The van der Waals surface area contributed by atoms with Gasteiger partial charge in [-0.3, -0.25) is 4.99 Å². The van der Waals surface area contributed by atoms with Gasteiger partial charge >= 0.3 is 0 Å². The first-order valence-electron chi connectivity index (χ1n) is 6.06. The van der Waals surface area contributed by atoms with E-state index >= 15 is 0 Å². The molecule has 0 saturated carbocycles. The molecule has 0 spiro atoms. The van der Waals surface area contributed by atoms with Gasteiger partial charge in [0.05, 0.1) is 11.4 Å². The largest absolute Gasteiger partial charge is 0.352 e. The second-order valence-electron chi connectivity index (χ2n) is 4.36. The van der Waals surface area contributed by atoms with Crippen LogP contribution in [-0.4, -0.2) is 34.2 Å². The topological polar surface area (TPSA) is 70.6 Å². The second kappa shape index (κ2) is 8.89. The third kappa shape index (κ3) is 6.35. The van der Waals surface area contributed by atoms with Crippen LogP contribution >= 0.6 is 24.0 Å². The first-order valence-corrected chi connectivity index (χ1v) is 7.95. The lowest BCUT2D eigenvalue weighted by Gasteiger charge is -2.11. The van der Waals surface area contributed by atoms with Gasteiger partial charge in [-0.2, -0.15) is 0 Å². The van der Waals surface area contributed by atoms with Gasteiger partial charge in [0.15, 0.2) is 15.8 Å². The Kier molecular flexibility index (Phi) is 8.36. The first kappa shape index (κ1) is 19.7. The maximum absolute atomic E-state index is 11.5. The molecule has 0 aliphatic rings. The van der Waals surface area contributed by atoms with Gasteiger partial charge in [-0.1, -0.05) is 18.1 Å². The molecule has 0 amide bonds. The fourth-order valence-corrected chi connectivity index (χ4v) is 2.74. The summed E-state index contributed by atoms with van der Waals surface area (Å²) < 4.78 is 23.1. The van der Waals surface area contributed by atoms with Crippen LogP contribution in [0.1, 0.15) is 11.1 Å². The van der Waals surface area contributed by atoms with Crippen molar-refractivity contribution in [3.63, 3.8) is 0 Å². The van der Waals surface area contributed by atoms with E-state index in [0.29, 0.717) is 23.9 Å². The Morgan fingerprint density at radius 2 is 2.05 bits per heavy atom. The van der Waals surface area contributed by atoms with Gasteiger partial charge in [0.1, 0.15) is 0 Å². The lowest BCUT2D eigenvalue weighted by molar-refractivity contribution is 0.601. The Balaban J connectivity index is 0.00000400. The summed E-state index contributed by atoms with van der Waals surface area (Å²) >= 11 is 0. The zero-order valence-electron chi connectivity index (χ0n) is 12.3. The molecule has 1 aromatic carbocycles. The molecule has 0 fully saturated rings. The van der Waals surface area contributed by atoms with E-state index in [4.69, 9.17) is 6.42 Å². The van der Waals surface area contributed by atoms with Crippen LogP contribution in [0, 0.1) is 19.3 Å². The van der Waals surface area contributed by atoms with E-state index in [9.17, 15) is 8.42 Å². The maximum Gasteiger partial charge on any atom is 0.192 e. The van der Waals surface area contributed by atoms with Gasteiger partial charge in [-0.25, -0.2) is 8.42 Å². The predicted molar refractivity (Wildman–Crippen MR) is 96.7 cm³/mol. The third-order valence-electron chi connectivity index (χ3n) is 2.68.